The van der Waals surface area contributed by atoms with Crippen LogP contribution in [0.2, 0.25) is 0 Å². The van der Waals surface area contributed by atoms with Crippen LogP contribution in [-0.4, -0.2) is 24.9 Å². The summed E-state index contributed by atoms with van der Waals surface area (Å²) in [6, 6.07) is 8.47. The first-order chi connectivity index (χ1) is 13.0. The second kappa shape index (κ2) is 6.56. The average Bonchev–Trinajstić information content (AvgIpc) is 3.05. The minimum atomic E-state index is -4.55. The molecule has 0 saturated carbocycles. The Labute approximate surface area is 150 Å². The van der Waals surface area contributed by atoms with Gasteiger partial charge in [0.25, 0.3) is 0 Å². The molecular formula is C17H11F3N6O. The highest BCUT2D eigenvalue weighted by molar-refractivity contribution is 5.73. The molecule has 10 heteroatoms. The summed E-state index contributed by atoms with van der Waals surface area (Å²) in [5.41, 5.74) is 0.916. The highest BCUT2D eigenvalue weighted by Gasteiger charge is 2.35. The molecule has 0 atom stereocenters. The van der Waals surface area contributed by atoms with Gasteiger partial charge < -0.3 is 15.0 Å². The molecule has 7 nitrogen and oxygen atoms in total. The normalized spacial score (nSPS) is 11.5. The van der Waals surface area contributed by atoms with Crippen LogP contribution in [0.15, 0.2) is 55.1 Å². The highest BCUT2D eigenvalue weighted by atomic mass is 19.4. The molecule has 0 spiro atoms. The van der Waals surface area contributed by atoms with Crippen molar-refractivity contribution in [2.75, 3.05) is 5.32 Å². The van der Waals surface area contributed by atoms with Crippen LogP contribution >= 0.6 is 0 Å². The van der Waals surface area contributed by atoms with Gasteiger partial charge >= 0.3 is 6.18 Å². The highest BCUT2D eigenvalue weighted by Crippen LogP contribution is 2.36. The van der Waals surface area contributed by atoms with Crippen LogP contribution in [0.25, 0.3) is 11.2 Å². The van der Waals surface area contributed by atoms with Crippen LogP contribution < -0.4 is 10.1 Å². The van der Waals surface area contributed by atoms with E-state index in [-0.39, 0.29) is 5.75 Å². The number of pyridine rings is 1. The number of rotatable bonds is 4. The number of imidazole rings is 1. The maximum atomic E-state index is 13.0. The van der Waals surface area contributed by atoms with Crippen molar-refractivity contribution in [2.45, 2.75) is 6.18 Å². The van der Waals surface area contributed by atoms with Crippen LogP contribution in [0.1, 0.15) is 5.56 Å². The number of nitrogens with one attached hydrogen (secondary N) is 2. The Morgan fingerprint density at radius 1 is 1.04 bits per heavy atom. The maximum Gasteiger partial charge on any atom is 0.421 e. The molecule has 0 fully saturated rings. The first kappa shape index (κ1) is 16.8. The number of hydrogen-bond acceptors (Lipinski definition) is 6. The Balaban J connectivity index is 1.51. The first-order valence-corrected chi connectivity index (χ1v) is 7.72. The number of hydrogen-bond donors (Lipinski definition) is 2. The standard InChI is InChI=1S/C17H11F3N6O/c18-17(19,20)12-2-1-7-22-15(12)27-11-5-3-10(4-6-11)24-16-25-13-8-21-9-23-14(13)26-16/h1-9H,(H2,21,23,24,25,26). The Morgan fingerprint density at radius 3 is 2.59 bits per heavy atom. The van der Waals surface area contributed by atoms with E-state index in [2.05, 4.69) is 30.2 Å². The number of fused-ring (bicyclic) bond motifs is 1. The molecule has 1 aromatic carbocycles. The molecule has 0 amide bonds. The van der Waals surface area contributed by atoms with Crippen molar-refractivity contribution in [3.63, 3.8) is 0 Å². The van der Waals surface area contributed by atoms with Crippen LogP contribution in [0, 0.1) is 0 Å². The first-order valence-electron chi connectivity index (χ1n) is 7.72. The number of ether oxygens (including phenoxy) is 1. The van der Waals surface area contributed by atoms with Crippen LogP contribution in [0.5, 0.6) is 11.6 Å². The summed E-state index contributed by atoms with van der Waals surface area (Å²) < 4.78 is 44.3. The van der Waals surface area contributed by atoms with Crippen molar-refractivity contribution in [3.8, 4) is 11.6 Å². The lowest BCUT2D eigenvalue weighted by Gasteiger charge is -2.12. The van der Waals surface area contributed by atoms with Gasteiger partial charge in [0.1, 0.15) is 23.2 Å². The third-order valence-corrected chi connectivity index (χ3v) is 3.57. The SMILES string of the molecule is FC(F)(F)c1cccnc1Oc1ccc(Nc2nc3ncncc3[nH]2)cc1. The molecule has 0 aliphatic carbocycles. The van der Waals surface area contributed by atoms with E-state index >= 15 is 0 Å². The zero-order valence-corrected chi connectivity index (χ0v) is 13.5. The van der Waals surface area contributed by atoms with E-state index in [4.69, 9.17) is 4.74 Å². The number of anilines is 2. The fourth-order valence-corrected chi connectivity index (χ4v) is 2.36. The summed E-state index contributed by atoms with van der Waals surface area (Å²) in [4.78, 5) is 18.8. The Hall–Kier alpha value is -3.69. The predicted molar refractivity (Wildman–Crippen MR) is 90.7 cm³/mol. The number of halogens is 3. The van der Waals surface area contributed by atoms with Crippen LogP contribution in [-0.2, 0) is 6.18 Å². The van der Waals surface area contributed by atoms with Crippen molar-refractivity contribution in [2.24, 2.45) is 0 Å². The summed E-state index contributed by atoms with van der Waals surface area (Å²) in [6.07, 6.45) is -0.311. The molecule has 0 bridgehead atoms. The van der Waals surface area contributed by atoms with E-state index in [1.54, 1.807) is 18.3 Å². The lowest BCUT2D eigenvalue weighted by Crippen LogP contribution is -2.08. The van der Waals surface area contributed by atoms with E-state index in [1.807, 2.05) is 0 Å². The maximum absolute atomic E-state index is 13.0. The van der Waals surface area contributed by atoms with Gasteiger partial charge in [0.05, 0.1) is 6.20 Å². The third-order valence-electron chi connectivity index (χ3n) is 3.57. The zero-order valence-electron chi connectivity index (χ0n) is 13.5. The Kier molecular flexibility index (Phi) is 4.07. The van der Waals surface area contributed by atoms with E-state index in [0.717, 1.165) is 6.07 Å². The van der Waals surface area contributed by atoms with E-state index in [9.17, 15) is 13.2 Å². The second-order valence-electron chi connectivity index (χ2n) is 5.45. The Bertz CT molecular complexity index is 1040. The molecule has 0 aliphatic heterocycles. The van der Waals surface area contributed by atoms with Gasteiger partial charge in [0, 0.05) is 11.9 Å². The monoisotopic (exact) mass is 372 g/mol. The van der Waals surface area contributed by atoms with Crippen molar-refractivity contribution >= 4 is 22.8 Å². The number of H-pyrrole nitrogens is 1. The quantitative estimate of drug-likeness (QED) is 0.555. The zero-order chi connectivity index (χ0) is 18.9. The summed E-state index contributed by atoms with van der Waals surface area (Å²) in [5.74, 6) is 0.185. The predicted octanol–water partition coefficient (Wildman–Crippen LogP) is 4.30. The van der Waals surface area contributed by atoms with Crippen molar-refractivity contribution in [1.29, 1.82) is 0 Å². The van der Waals surface area contributed by atoms with Gasteiger partial charge in [-0.1, -0.05) is 0 Å². The molecule has 3 aromatic heterocycles. The van der Waals surface area contributed by atoms with Gasteiger partial charge in [-0.25, -0.2) is 15.0 Å². The van der Waals surface area contributed by atoms with E-state index in [0.29, 0.717) is 22.8 Å². The number of nitrogens with zero attached hydrogens (tertiary/aromatic N) is 4. The summed E-state index contributed by atoms with van der Waals surface area (Å²) >= 11 is 0. The fourth-order valence-electron chi connectivity index (χ4n) is 2.36. The molecule has 4 rings (SSSR count). The van der Waals surface area contributed by atoms with Gasteiger partial charge in [0.15, 0.2) is 5.65 Å². The van der Waals surface area contributed by atoms with Crippen molar-refractivity contribution in [1.82, 2.24) is 24.9 Å². The van der Waals surface area contributed by atoms with Gasteiger partial charge in [-0.05, 0) is 36.4 Å². The van der Waals surface area contributed by atoms with E-state index in [1.165, 1.54) is 30.7 Å². The molecular weight excluding hydrogens is 361 g/mol. The Morgan fingerprint density at radius 2 is 1.85 bits per heavy atom. The smallest absolute Gasteiger partial charge is 0.421 e. The van der Waals surface area contributed by atoms with Gasteiger partial charge in [-0.3, -0.25) is 0 Å². The summed E-state index contributed by atoms with van der Waals surface area (Å²) in [5, 5.41) is 3.03. The van der Waals surface area contributed by atoms with Gasteiger partial charge in [-0.2, -0.15) is 18.2 Å². The molecule has 2 N–H and O–H groups in total. The average molecular weight is 372 g/mol. The molecule has 0 radical (unpaired) electrons. The number of alkyl halides is 3. The third kappa shape index (κ3) is 3.64. The van der Waals surface area contributed by atoms with Crippen LogP contribution in [0.3, 0.4) is 0 Å². The molecule has 4 aromatic rings. The number of aromatic amines is 1. The fraction of sp³-hybridized carbons (Fsp3) is 0.0588. The van der Waals surface area contributed by atoms with Crippen LogP contribution in [0.4, 0.5) is 24.8 Å². The molecule has 136 valence electrons. The number of aromatic nitrogens is 5. The second-order valence-corrected chi connectivity index (χ2v) is 5.45. The molecule has 0 saturated heterocycles. The molecule has 0 aliphatic rings. The van der Waals surface area contributed by atoms with Gasteiger partial charge in [0.2, 0.25) is 11.8 Å². The molecule has 3 heterocycles. The molecule has 0 unspecified atom stereocenters. The van der Waals surface area contributed by atoms with Crippen molar-refractivity contribution < 1.29 is 17.9 Å². The van der Waals surface area contributed by atoms with Crippen molar-refractivity contribution in [3.05, 3.63) is 60.7 Å². The lowest BCUT2D eigenvalue weighted by molar-refractivity contribution is -0.138. The minimum absolute atomic E-state index is 0.222. The number of benzene rings is 1. The van der Waals surface area contributed by atoms with E-state index < -0.39 is 17.6 Å². The topological polar surface area (TPSA) is 88.6 Å². The largest absolute Gasteiger partial charge is 0.438 e. The van der Waals surface area contributed by atoms with Gasteiger partial charge in [-0.15, -0.1) is 0 Å². The summed E-state index contributed by atoms with van der Waals surface area (Å²) in [6.45, 7) is 0. The molecule has 27 heavy (non-hydrogen) atoms. The summed E-state index contributed by atoms with van der Waals surface area (Å²) in [7, 11) is 0. The minimum Gasteiger partial charge on any atom is -0.438 e. The lowest BCUT2D eigenvalue weighted by atomic mass is 10.2.